The number of unbranched alkanes of at least 4 members (excludes halogenated alkanes) is 1. The molecular weight excluding hydrogens is 302 g/mol. The van der Waals surface area contributed by atoms with Crippen LogP contribution in [0.5, 0.6) is 0 Å². The van der Waals surface area contributed by atoms with Crippen LogP contribution in [0.25, 0.3) is 11.4 Å². The number of aromatic nitrogens is 3. The topological polar surface area (TPSA) is 58.3 Å². The van der Waals surface area contributed by atoms with Crippen LogP contribution in [0.4, 0.5) is 0 Å². The molecule has 0 bridgehead atoms. The van der Waals surface area contributed by atoms with Crippen LogP contribution in [0.15, 0.2) is 29.0 Å². The van der Waals surface area contributed by atoms with Gasteiger partial charge in [0, 0.05) is 24.0 Å². The molecule has 6 nitrogen and oxygen atoms in total. The molecule has 0 saturated carbocycles. The largest absolute Gasteiger partial charge is 0.338 e. The lowest BCUT2D eigenvalue weighted by atomic mass is 10.0. The maximum Gasteiger partial charge on any atom is 0.241 e. The highest BCUT2D eigenvalue weighted by atomic mass is 16.5. The third-order valence-corrected chi connectivity index (χ3v) is 4.75. The van der Waals surface area contributed by atoms with Crippen LogP contribution in [0.3, 0.4) is 0 Å². The highest BCUT2D eigenvalue weighted by molar-refractivity contribution is 5.52. The number of hydrogen-bond acceptors (Lipinski definition) is 6. The van der Waals surface area contributed by atoms with Crippen molar-refractivity contribution in [2.75, 3.05) is 26.7 Å². The molecule has 3 rings (SSSR count). The lowest BCUT2D eigenvalue weighted by Crippen LogP contribution is -2.43. The fourth-order valence-corrected chi connectivity index (χ4v) is 3.22. The Hall–Kier alpha value is -1.79. The van der Waals surface area contributed by atoms with Crippen molar-refractivity contribution < 1.29 is 4.52 Å². The summed E-state index contributed by atoms with van der Waals surface area (Å²) in [7, 11) is 2.20. The maximum absolute atomic E-state index is 5.51. The minimum Gasteiger partial charge on any atom is -0.338 e. The van der Waals surface area contributed by atoms with Crippen LogP contribution >= 0.6 is 0 Å². The summed E-state index contributed by atoms with van der Waals surface area (Å²) in [5, 5.41) is 4.13. The average Bonchev–Trinajstić information content (AvgIpc) is 3.09. The third kappa shape index (κ3) is 4.39. The Bertz CT molecular complexity index is 607. The van der Waals surface area contributed by atoms with Gasteiger partial charge in [-0.25, -0.2) is 0 Å². The second-order valence-electron chi connectivity index (χ2n) is 6.61. The second-order valence-corrected chi connectivity index (χ2v) is 6.61. The zero-order valence-corrected chi connectivity index (χ0v) is 14.7. The summed E-state index contributed by atoms with van der Waals surface area (Å²) in [5.74, 6) is 1.35. The Morgan fingerprint density at radius 2 is 2.00 bits per heavy atom. The molecule has 1 saturated heterocycles. The smallest absolute Gasteiger partial charge is 0.241 e. The first-order valence-electron chi connectivity index (χ1n) is 8.92. The molecule has 24 heavy (non-hydrogen) atoms. The number of piperidine rings is 1. The molecule has 0 spiro atoms. The van der Waals surface area contributed by atoms with Gasteiger partial charge < -0.3 is 9.42 Å². The number of pyridine rings is 1. The van der Waals surface area contributed by atoms with Gasteiger partial charge >= 0.3 is 0 Å². The van der Waals surface area contributed by atoms with Crippen LogP contribution in [-0.2, 0) is 6.54 Å². The minimum absolute atomic E-state index is 0.615. The molecule has 0 atom stereocenters. The maximum atomic E-state index is 5.51. The van der Waals surface area contributed by atoms with Gasteiger partial charge in [-0.1, -0.05) is 18.5 Å². The fourth-order valence-electron chi connectivity index (χ4n) is 3.22. The van der Waals surface area contributed by atoms with Gasteiger partial charge in [0.05, 0.1) is 6.54 Å². The van der Waals surface area contributed by atoms with Crippen molar-refractivity contribution in [2.45, 2.75) is 45.2 Å². The van der Waals surface area contributed by atoms with E-state index >= 15 is 0 Å². The van der Waals surface area contributed by atoms with E-state index in [2.05, 4.69) is 38.9 Å². The highest BCUT2D eigenvalue weighted by Crippen LogP contribution is 2.20. The average molecular weight is 329 g/mol. The van der Waals surface area contributed by atoms with E-state index in [4.69, 9.17) is 4.52 Å². The molecule has 6 heteroatoms. The van der Waals surface area contributed by atoms with Crippen LogP contribution in [0, 0.1) is 0 Å². The van der Waals surface area contributed by atoms with E-state index in [0.29, 0.717) is 17.8 Å². The number of likely N-dealkylation sites (tertiary alicyclic amines) is 1. The number of nitrogens with zero attached hydrogens (tertiary/aromatic N) is 5. The molecule has 1 aliphatic heterocycles. The molecule has 2 aromatic rings. The van der Waals surface area contributed by atoms with E-state index in [1.807, 2.05) is 12.1 Å². The molecule has 1 aliphatic rings. The van der Waals surface area contributed by atoms with Gasteiger partial charge in [-0.15, -0.1) is 0 Å². The lowest BCUT2D eigenvalue weighted by Gasteiger charge is -2.36. The highest BCUT2D eigenvalue weighted by Gasteiger charge is 2.24. The monoisotopic (exact) mass is 329 g/mol. The SMILES string of the molecule is CCCCN(Cc1nc(-c2ccncc2)no1)C1CCN(C)CC1. The summed E-state index contributed by atoms with van der Waals surface area (Å²) in [6.45, 7) is 6.41. The predicted octanol–water partition coefficient (Wildman–Crippen LogP) is 2.83. The Morgan fingerprint density at radius 3 is 2.71 bits per heavy atom. The van der Waals surface area contributed by atoms with Crippen molar-refractivity contribution in [2.24, 2.45) is 0 Å². The molecular formula is C18H27N5O. The van der Waals surface area contributed by atoms with E-state index in [1.165, 1.54) is 38.8 Å². The van der Waals surface area contributed by atoms with Crippen LogP contribution < -0.4 is 0 Å². The Morgan fingerprint density at radius 1 is 1.25 bits per heavy atom. The first-order chi connectivity index (χ1) is 11.8. The van der Waals surface area contributed by atoms with E-state index in [9.17, 15) is 0 Å². The van der Waals surface area contributed by atoms with Gasteiger partial charge in [0.2, 0.25) is 11.7 Å². The molecule has 130 valence electrons. The van der Waals surface area contributed by atoms with E-state index in [-0.39, 0.29) is 0 Å². The Kier molecular flexibility index (Phi) is 5.93. The summed E-state index contributed by atoms with van der Waals surface area (Å²) in [6, 6.07) is 4.42. The fraction of sp³-hybridized carbons (Fsp3) is 0.611. The van der Waals surface area contributed by atoms with Gasteiger partial charge in [0.25, 0.3) is 0 Å². The van der Waals surface area contributed by atoms with Crippen LogP contribution in [0.1, 0.15) is 38.5 Å². The molecule has 2 aromatic heterocycles. The van der Waals surface area contributed by atoms with Gasteiger partial charge in [0.1, 0.15) is 0 Å². The predicted molar refractivity (Wildman–Crippen MR) is 93.4 cm³/mol. The van der Waals surface area contributed by atoms with Crippen LogP contribution in [-0.4, -0.2) is 57.6 Å². The van der Waals surface area contributed by atoms with Gasteiger partial charge in [-0.3, -0.25) is 9.88 Å². The summed E-state index contributed by atoms with van der Waals surface area (Å²) in [6.07, 6.45) is 8.33. The summed E-state index contributed by atoms with van der Waals surface area (Å²) in [4.78, 5) is 13.5. The Balaban J connectivity index is 1.67. The normalized spacial score (nSPS) is 16.8. The summed E-state index contributed by atoms with van der Waals surface area (Å²) >= 11 is 0. The van der Waals surface area contributed by atoms with Gasteiger partial charge in [-0.2, -0.15) is 4.98 Å². The molecule has 1 fully saturated rings. The first-order valence-corrected chi connectivity index (χ1v) is 8.92. The summed E-state index contributed by atoms with van der Waals surface area (Å²) < 4.78 is 5.51. The van der Waals surface area contributed by atoms with E-state index < -0.39 is 0 Å². The van der Waals surface area contributed by atoms with Crippen LogP contribution in [0.2, 0.25) is 0 Å². The van der Waals surface area contributed by atoms with Crippen molar-refractivity contribution >= 4 is 0 Å². The zero-order chi connectivity index (χ0) is 16.8. The second kappa shape index (κ2) is 8.35. The number of rotatable bonds is 7. The molecule has 0 aliphatic carbocycles. The van der Waals surface area contributed by atoms with Crippen molar-refractivity contribution in [1.29, 1.82) is 0 Å². The molecule has 0 unspecified atom stereocenters. The lowest BCUT2D eigenvalue weighted by molar-refractivity contribution is 0.102. The minimum atomic E-state index is 0.615. The Labute approximate surface area is 143 Å². The van der Waals surface area contributed by atoms with Gasteiger partial charge in [-0.05, 0) is 58.1 Å². The summed E-state index contributed by atoms with van der Waals surface area (Å²) in [5.41, 5.74) is 0.944. The molecule has 0 N–H and O–H groups in total. The molecule has 0 radical (unpaired) electrons. The zero-order valence-electron chi connectivity index (χ0n) is 14.7. The van der Waals surface area contributed by atoms with E-state index in [0.717, 1.165) is 18.7 Å². The van der Waals surface area contributed by atoms with Crippen molar-refractivity contribution in [3.63, 3.8) is 0 Å². The molecule has 0 amide bonds. The quantitative estimate of drug-likeness (QED) is 0.778. The number of hydrogen-bond donors (Lipinski definition) is 0. The molecule has 0 aromatic carbocycles. The third-order valence-electron chi connectivity index (χ3n) is 4.75. The molecule has 3 heterocycles. The van der Waals surface area contributed by atoms with Crippen molar-refractivity contribution in [3.8, 4) is 11.4 Å². The first kappa shape index (κ1) is 17.0. The van der Waals surface area contributed by atoms with Crippen molar-refractivity contribution in [1.82, 2.24) is 24.9 Å². The van der Waals surface area contributed by atoms with Gasteiger partial charge in [0.15, 0.2) is 0 Å². The standard InChI is InChI=1S/C18H27N5O/c1-3-4-11-23(16-7-12-22(2)13-8-16)14-17-20-18(21-24-17)15-5-9-19-10-6-15/h5-6,9-10,16H,3-4,7-8,11-14H2,1-2H3. The van der Waals surface area contributed by atoms with E-state index in [1.54, 1.807) is 12.4 Å². The van der Waals surface area contributed by atoms with Crippen molar-refractivity contribution in [3.05, 3.63) is 30.4 Å².